The molecule has 0 aromatic heterocycles. The van der Waals surface area contributed by atoms with Crippen molar-refractivity contribution in [2.45, 2.75) is 26.4 Å². The van der Waals surface area contributed by atoms with Crippen molar-refractivity contribution in [1.29, 1.82) is 5.26 Å². The number of nitriles is 1. The average Bonchev–Trinajstić information content (AvgIpc) is 2.16. The summed E-state index contributed by atoms with van der Waals surface area (Å²) in [5, 5.41) is 17.9. The SMILES string of the molecule is CC(C)c1cccc(CO)c1C#N. The third-order valence-corrected chi connectivity index (χ3v) is 2.09. The molecular formula is C11H13NO. The quantitative estimate of drug-likeness (QED) is 0.748. The molecule has 1 aromatic carbocycles. The van der Waals surface area contributed by atoms with Gasteiger partial charge in [0.05, 0.1) is 18.2 Å². The molecule has 0 radical (unpaired) electrons. The number of nitrogens with zero attached hydrogens (tertiary/aromatic N) is 1. The Bertz CT molecular complexity index is 336. The van der Waals surface area contributed by atoms with E-state index in [1.54, 1.807) is 6.07 Å². The molecule has 0 unspecified atom stereocenters. The summed E-state index contributed by atoms with van der Waals surface area (Å²) in [5.74, 6) is 0.321. The lowest BCUT2D eigenvalue weighted by Gasteiger charge is -2.10. The summed E-state index contributed by atoms with van der Waals surface area (Å²) in [6.07, 6.45) is 0. The predicted molar refractivity (Wildman–Crippen MR) is 51.2 cm³/mol. The molecule has 1 N–H and O–H groups in total. The van der Waals surface area contributed by atoms with Gasteiger partial charge in [0.2, 0.25) is 0 Å². The van der Waals surface area contributed by atoms with Crippen LogP contribution in [-0.4, -0.2) is 5.11 Å². The molecule has 13 heavy (non-hydrogen) atoms. The Balaban J connectivity index is 3.29. The molecule has 0 amide bonds. The van der Waals surface area contributed by atoms with E-state index in [-0.39, 0.29) is 6.61 Å². The van der Waals surface area contributed by atoms with Gasteiger partial charge >= 0.3 is 0 Å². The van der Waals surface area contributed by atoms with Gasteiger partial charge in [-0.25, -0.2) is 0 Å². The van der Waals surface area contributed by atoms with Crippen LogP contribution in [0.4, 0.5) is 0 Å². The van der Waals surface area contributed by atoms with Gasteiger partial charge in [-0.05, 0) is 17.0 Å². The van der Waals surface area contributed by atoms with Crippen molar-refractivity contribution in [3.63, 3.8) is 0 Å². The molecule has 0 aliphatic carbocycles. The maximum Gasteiger partial charge on any atom is 0.0998 e. The maximum atomic E-state index is 9.00. The van der Waals surface area contributed by atoms with E-state index in [0.29, 0.717) is 17.0 Å². The fourth-order valence-corrected chi connectivity index (χ4v) is 1.37. The standard InChI is InChI=1S/C11H13NO/c1-8(2)10-5-3-4-9(7-13)11(10)6-12/h3-5,8,13H,7H2,1-2H3. The Morgan fingerprint density at radius 2 is 2.15 bits per heavy atom. The summed E-state index contributed by atoms with van der Waals surface area (Å²) in [5.41, 5.74) is 2.35. The van der Waals surface area contributed by atoms with Crippen molar-refractivity contribution in [1.82, 2.24) is 0 Å². The fourth-order valence-electron chi connectivity index (χ4n) is 1.37. The van der Waals surface area contributed by atoms with Crippen molar-refractivity contribution in [3.8, 4) is 6.07 Å². The van der Waals surface area contributed by atoms with Gasteiger partial charge in [0, 0.05) is 0 Å². The number of hydrogen-bond acceptors (Lipinski definition) is 2. The summed E-state index contributed by atoms with van der Waals surface area (Å²) >= 11 is 0. The van der Waals surface area contributed by atoms with E-state index in [9.17, 15) is 0 Å². The topological polar surface area (TPSA) is 44.0 Å². The zero-order chi connectivity index (χ0) is 9.84. The smallest absolute Gasteiger partial charge is 0.0998 e. The van der Waals surface area contributed by atoms with Crippen LogP contribution in [0.3, 0.4) is 0 Å². The zero-order valence-electron chi connectivity index (χ0n) is 7.91. The second kappa shape index (κ2) is 4.06. The fraction of sp³-hybridized carbons (Fsp3) is 0.364. The van der Waals surface area contributed by atoms with E-state index in [1.807, 2.05) is 26.0 Å². The number of aliphatic hydroxyl groups excluding tert-OH is 1. The molecule has 68 valence electrons. The van der Waals surface area contributed by atoms with E-state index in [0.717, 1.165) is 5.56 Å². The number of benzene rings is 1. The van der Waals surface area contributed by atoms with Crippen molar-refractivity contribution in [2.24, 2.45) is 0 Å². The van der Waals surface area contributed by atoms with E-state index in [4.69, 9.17) is 10.4 Å². The molecule has 0 bridgehead atoms. The molecule has 2 nitrogen and oxygen atoms in total. The lowest BCUT2D eigenvalue weighted by Crippen LogP contribution is -1.97. The van der Waals surface area contributed by atoms with E-state index in [1.165, 1.54) is 0 Å². The number of aliphatic hydroxyl groups is 1. The Hall–Kier alpha value is -1.33. The van der Waals surface area contributed by atoms with Crippen LogP contribution in [0.1, 0.15) is 36.5 Å². The van der Waals surface area contributed by atoms with Crippen molar-refractivity contribution in [2.75, 3.05) is 0 Å². The molecule has 0 fully saturated rings. The number of rotatable bonds is 2. The first-order valence-electron chi connectivity index (χ1n) is 4.33. The van der Waals surface area contributed by atoms with Crippen LogP contribution in [0.5, 0.6) is 0 Å². The molecule has 1 aromatic rings. The predicted octanol–water partition coefficient (Wildman–Crippen LogP) is 2.17. The van der Waals surface area contributed by atoms with Crippen molar-refractivity contribution >= 4 is 0 Å². The lowest BCUT2D eigenvalue weighted by atomic mass is 9.94. The molecule has 0 spiro atoms. The summed E-state index contributed by atoms with van der Waals surface area (Å²) in [4.78, 5) is 0. The zero-order valence-corrected chi connectivity index (χ0v) is 7.91. The third-order valence-electron chi connectivity index (χ3n) is 2.09. The van der Waals surface area contributed by atoms with Gasteiger partial charge in [0.1, 0.15) is 0 Å². The minimum Gasteiger partial charge on any atom is -0.392 e. The van der Waals surface area contributed by atoms with Crippen LogP contribution in [0, 0.1) is 11.3 Å². The highest BCUT2D eigenvalue weighted by atomic mass is 16.3. The third kappa shape index (κ3) is 1.88. The van der Waals surface area contributed by atoms with Gasteiger partial charge in [-0.15, -0.1) is 0 Å². The van der Waals surface area contributed by atoms with E-state index < -0.39 is 0 Å². The van der Waals surface area contributed by atoms with Crippen LogP contribution in [0.25, 0.3) is 0 Å². The largest absolute Gasteiger partial charge is 0.392 e. The number of hydrogen-bond donors (Lipinski definition) is 1. The Morgan fingerprint density at radius 3 is 2.62 bits per heavy atom. The minimum absolute atomic E-state index is 0.0660. The second-order valence-corrected chi connectivity index (χ2v) is 3.31. The van der Waals surface area contributed by atoms with Gasteiger partial charge in [-0.3, -0.25) is 0 Å². The molecule has 0 heterocycles. The van der Waals surface area contributed by atoms with Gasteiger partial charge < -0.3 is 5.11 Å². The van der Waals surface area contributed by atoms with Gasteiger partial charge in [-0.1, -0.05) is 32.0 Å². The monoisotopic (exact) mass is 175 g/mol. The highest BCUT2D eigenvalue weighted by Crippen LogP contribution is 2.21. The molecule has 1 rings (SSSR count). The highest BCUT2D eigenvalue weighted by Gasteiger charge is 2.09. The first kappa shape index (κ1) is 9.76. The van der Waals surface area contributed by atoms with Crippen molar-refractivity contribution in [3.05, 3.63) is 34.9 Å². The Kier molecular flexibility index (Phi) is 3.05. The lowest BCUT2D eigenvalue weighted by molar-refractivity contribution is 0.281. The van der Waals surface area contributed by atoms with Crippen LogP contribution < -0.4 is 0 Å². The molecule has 0 atom stereocenters. The molecule has 0 saturated carbocycles. The summed E-state index contributed by atoms with van der Waals surface area (Å²) in [7, 11) is 0. The molecule has 0 aliphatic heterocycles. The van der Waals surface area contributed by atoms with Gasteiger partial charge in [-0.2, -0.15) is 5.26 Å². The van der Waals surface area contributed by atoms with Crippen molar-refractivity contribution < 1.29 is 5.11 Å². The van der Waals surface area contributed by atoms with Gasteiger partial charge in [0.15, 0.2) is 0 Å². The first-order valence-corrected chi connectivity index (χ1v) is 4.33. The first-order chi connectivity index (χ1) is 6.20. The Morgan fingerprint density at radius 1 is 1.46 bits per heavy atom. The van der Waals surface area contributed by atoms with Crippen LogP contribution >= 0.6 is 0 Å². The van der Waals surface area contributed by atoms with Crippen LogP contribution in [-0.2, 0) is 6.61 Å². The summed E-state index contributed by atoms with van der Waals surface area (Å²) in [6, 6.07) is 7.73. The molecular weight excluding hydrogens is 162 g/mol. The highest BCUT2D eigenvalue weighted by molar-refractivity contribution is 5.45. The maximum absolute atomic E-state index is 9.00. The van der Waals surface area contributed by atoms with Crippen LogP contribution in [0.2, 0.25) is 0 Å². The molecule has 0 saturated heterocycles. The second-order valence-electron chi connectivity index (χ2n) is 3.31. The van der Waals surface area contributed by atoms with Gasteiger partial charge in [0.25, 0.3) is 0 Å². The van der Waals surface area contributed by atoms with E-state index in [2.05, 4.69) is 6.07 Å². The van der Waals surface area contributed by atoms with E-state index >= 15 is 0 Å². The minimum atomic E-state index is -0.0660. The molecule has 2 heteroatoms. The summed E-state index contributed by atoms with van der Waals surface area (Å²) in [6.45, 7) is 4.01. The van der Waals surface area contributed by atoms with Crippen LogP contribution in [0.15, 0.2) is 18.2 Å². The normalized spacial score (nSPS) is 10.1. The average molecular weight is 175 g/mol. The summed E-state index contributed by atoms with van der Waals surface area (Å²) < 4.78 is 0. The Labute approximate surface area is 78.4 Å². The molecule has 0 aliphatic rings.